The number of piperidine rings is 1. The summed E-state index contributed by atoms with van der Waals surface area (Å²) in [4.78, 5) is 25.6. The van der Waals surface area contributed by atoms with E-state index < -0.39 is 0 Å². The number of hydrogen-bond donors (Lipinski definition) is 0. The van der Waals surface area contributed by atoms with E-state index in [0.717, 1.165) is 18.4 Å². The van der Waals surface area contributed by atoms with Crippen LogP contribution in [-0.4, -0.2) is 36.5 Å². The van der Waals surface area contributed by atoms with Gasteiger partial charge in [-0.2, -0.15) is 11.3 Å². The van der Waals surface area contributed by atoms with E-state index in [4.69, 9.17) is 4.74 Å². The number of esters is 1. The van der Waals surface area contributed by atoms with Gasteiger partial charge in [-0.25, -0.2) is 0 Å². The highest BCUT2D eigenvalue weighted by Gasteiger charge is 2.28. The molecule has 2 heterocycles. The maximum absolute atomic E-state index is 12.1. The van der Waals surface area contributed by atoms with Gasteiger partial charge in [0, 0.05) is 19.2 Å². The summed E-state index contributed by atoms with van der Waals surface area (Å²) in [6.07, 6.45) is 5.04. The summed E-state index contributed by atoms with van der Waals surface area (Å²) in [7, 11) is 0. The topological polar surface area (TPSA) is 46.6 Å². The standard InChI is InChI=1S/C15H19NO3S/c1-2-19-15(18)13-4-3-8-16(10-13)14(17)6-5-12-7-9-20-11-12/h5-7,9,11,13H,2-4,8,10H2,1H3/b6-5+. The molecule has 1 amide bonds. The first-order valence-corrected chi connectivity index (χ1v) is 7.80. The maximum atomic E-state index is 12.1. The Kier molecular flexibility index (Phi) is 5.35. The van der Waals surface area contributed by atoms with Crippen LogP contribution in [-0.2, 0) is 14.3 Å². The van der Waals surface area contributed by atoms with E-state index in [-0.39, 0.29) is 17.8 Å². The van der Waals surface area contributed by atoms with Crippen molar-refractivity contribution in [2.24, 2.45) is 5.92 Å². The van der Waals surface area contributed by atoms with Crippen LogP contribution in [0.4, 0.5) is 0 Å². The first-order valence-electron chi connectivity index (χ1n) is 6.86. The van der Waals surface area contributed by atoms with Crippen molar-refractivity contribution in [3.8, 4) is 0 Å². The fraction of sp³-hybridized carbons (Fsp3) is 0.467. The van der Waals surface area contributed by atoms with Crippen LogP contribution in [0, 0.1) is 5.92 Å². The van der Waals surface area contributed by atoms with Crippen LogP contribution in [0.2, 0.25) is 0 Å². The van der Waals surface area contributed by atoms with E-state index >= 15 is 0 Å². The Bertz CT molecular complexity index is 481. The maximum Gasteiger partial charge on any atom is 0.310 e. The number of amides is 1. The van der Waals surface area contributed by atoms with E-state index in [2.05, 4.69) is 0 Å². The Labute approximate surface area is 123 Å². The zero-order chi connectivity index (χ0) is 14.4. The van der Waals surface area contributed by atoms with Crippen molar-refractivity contribution < 1.29 is 14.3 Å². The lowest BCUT2D eigenvalue weighted by Gasteiger charge is -2.30. The van der Waals surface area contributed by atoms with E-state index in [1.54, 1.807) is 29.2 Å². The zero-order valence-electron chi connectivity index (χ0n) is 11.6. The quantitative estimate of drug-likeness (QED) is 0.633. The molecule has 1 aromatic heterocycles. The van der Waals surface area contributed by atoms with Gasteiger partial charge in [0.25, 0.3) is 0 Å². The molecule has 0 radical (unpaired) electrons. The highest BCUT2D eigenvalue weighted by Crippen LogP contribution is 2.18. The Morgan fingerprint density at radius 2 is 2.40 bits per heavy atom. The molecule has 1 aromatic rings. The molecule has 108 valence electrons. The fourth-order valence-corrected chi connectivity index (χ4v) is 2.90. The largest absolute Gasteiger partial charge is 0.466 e. The number of carbonyl (C=O) groups is 2. The first kappa shape index (κ1) is 14.8. The van der Waals surface area contributed by atoms with Crippen molar-refractivity contribution >= 4 is 29.3 Å². The average Bonchev–Trinajstić information content (AvgIpc) is 2.98. The van der Waals surface area contributed by atoms with Crippen molar-refractivity contribution in [2.75, 3.05) is 19.7 Å². The molecule has 2 rings (SSSR count). The third-order valence-electron chi connectivity index (χ3n) is 3.31. The van der Waals surface area contributed by atoms with Crippen LogP contribution in [0.25, 0.3) is 6.08 Å². The second kappa shape index (κ2) is 7.24. The highest BCUT2D eigenvalue weighted by atomic mass is 32.1. The predicted molar refractivity (Wildman–Crippen MR) is 79.3 cm³/mol. The Balaban J connectivity index is 1.91. The minimum atomic E-state index is -0.188. The van der Waals surface area contributed by atoms with Crippen molar-refractivity contribution in [3.63, 3.8) is 0 Å². The minimum Gasteiger partial charge on any atom is -0.466 e. The Morgan fingerprint density at radius 1 is 1.55 bits per heavy atom. The molecule has 1 unspecified atom stereocenters. The number of hydrogen-bond acceptors (Lipinski definition) is 4. The number of carbonyl (C=O) groups excluding carboxylic acids is 2. The molecule has 0 spiro atoms. The van der Waals surface area contributed by atoms with Gasteiger partial charge in [0.2, 0.25) is 5.91 Å². The smallest absolute Gasteiger partial charge is 0.310 e. The molecule has 0 saturated carbocycles. The van der Waals surface area contributed by atoms with Crippen molar-refractivity contribution in [2.45, 2.75) is 19.8 Å². The van der Waals surface area contributed by atoms with Gasteiger partial charge in [-0.15, -0.1) is 0 Å². The number of thiophene rings is 1. The van der Waals surface area contributed by atoms with E-state index in [1.807, 2.05) is 22.9 Å². The lowest BCUT2D eigenvalue weighted by molar-refractivity contribution is -0.150. The molecule has 1 aliphatic rings. The summed E-state index contributed by atoms with van der Waals surface area (Å²) >= 11 is 1.60. The van der Waals surface area contributed by atoms with E-state index in [9.17, 15) is 9.59 Å². The zero-order valence-corrected chi connectivity index (χ0v) is 12.4. The molecule has 1 aliphatic heterocycles. The Hall–Kier alpha value is -1.62. The molecule has 1 atom stereocenters. The number of nitrogens with zero attached hydrogens (tertiary/aromatic N) is 1. The molecule has 1 saturated heterocycles. The molecule has 5 heteroatoms. The van der Waals surface area contributed by atoms with Crippen LogP contribution in [0.1, 0.15) is 25.3 Å². The third-order valence-corrected chi connectivity index (χ3v) is 4.02. The lowest BCUT2D eigenvalue weighted by Crippen LogP contribution is -2.42. The van der Waals surface area contributed by atoms with Gasteiger partial charge in [0.05, 0.1) is 12.5 Å². The van der Waals surface area contributed by atoms with Crippen LogP contribution < -0.4 is 0 Å². The SMILES string of the molecule is CCOC(=O)C1CCCN(C(=O)/C=C/c2ccsc2)C1. The van der Waals surface area contributed by atoms with Crippen molar-refractivity contribution in [1.82, 2.24) is 4.90 Å². The number of likely N-dealkylation sites (tertiary alicyclic amines) is 1. The van der Waals surface area contributed by atoms with Crippen LogP contribution >= 0.6 is 11.3 Å². The average molecular weight is 293 g/mol. The van der Waals surface area contributed by atoms with Crippen LogP contribution in [0.3, 0.4) is 0 Å². The van der Waals surface area contributed by atoms with Gasteiger partial charge < -0.3 is 9.64 Å². The summed E-state index contributed by atoms with van der Waals surface area (Å²) in [6.45, 7) is 3.36. The number of rotatable bonds is 4. The second-order valence-corrected chi connectivity index (χ2v) is 5.55. The molecule has 0 bridgehead atoms. The molecule has 20 heavy (non-hydrogen) atoms. The summed E-state index contributed by atoms with van der Waals surface area (Å²) < 4.78 is 5.03. The summed E-state index contributed by atoms with van der Waals surface area (Å²) in [5.41, 5.74) is 1.03. The monoisotopic (exact) mass is 293 g/mol. The van der Waals surface area contributed by atoms with Gasteiger partial charge in [0.1, 0.15) is 0 Å². The van der Waals surface area contributed by atoms with Gasteiger partial charge in [0.15, 0.2) is 0 Å². The van der Waals surface area contributed by atoms with E-state index in [0.29, 0.717) is 19.7 Å². The van der Waals surface area contributed by atoms with Gasteiger partial charge >= 0.3 is 5.97 Å². The summed E-state index contributed by atoms with van der Waals surface area (Å²) in [5, 5.41) is 3.96. The second-order valence-electron chi connectivity index (χ2n) is 4.77. The van der Waals surface area contributed by atoms with Crippen molar-refractivity contribution in [1.29, 1.82) is 0 Å². The van der Waals surface area contributed by atoms with Gasteiger partial charge in [-0.1, -0.05) is 0 Å². The fourth-order valence-electron chi connectivity index (χ4n) is 2.27. The Morgan fingerprint density at radius 3 is 3.10 bits per heavy atom. The summed E-state index contributed by atoms with van der Waals surface area (Å²) in [6, 6.07) is 1.96. The molecular formula is C15H19NO3S. The third kappa shape index (κ3) is 3.93. The lowest BCUT2D eigenvalue weighted by atomic mass is 9.98. The highest BCUT2D eigenvalue weighted by molar-refractivity contribution is 7.08. The molecule has 0 N–H and O–H groups in total. The first-order chi connectivity index (χ1) is 9.70. The normalized spacial score (nSPS) is 19.2. The van der Waals surface area contributed by atoms with E-state index in [1.165, 1.54) is 0 Å². The summed E-state index contributed by atoms with van der Waals surface area (Å²) in [5.74, 6) is -0.404. The van der Waals surface area contributed by atoms with Crippen molar-refractivity contribution in [3.05, 3.63) is 28.5 Å². The molecule has 1 fully saturated rings. The predicted octanol–water partition coefficient (Wildman–Crippen LogP) is 2.56. The van der Waals surface area contributed by atoms with Gasteiger partial charge in [-0.05, 0) is 48.2 Å². The van der Waals surface area contributed by atoms with Crippen LogP contribution in [0.5, 0.6) is 0 Å². The minimum absolute atomic E-state index is 0.0369. The van der Waals surface area contributed by atoms with Gasteiger partial charge in [-0.3, -0.25) is 9.59 Å². The number of ether oxygens (including phenoxy) is 1. The molecule has 0 aromatic carbocycles. The molecule has 4 nitrogen and oxygen atoms in total. The molecular weight excluding hydrogens is 274 g/mol. The molecule has 0 aliphatic carbocycles. The van der Waals surface area contributed by atoms with Crippen LogP contribution in [0.15, 0.2) is 22.9 Å².